The lowest BCUT2D eigenvalue weighted by molar-refractivity contribution is -0.0212. The first-order valence-corrected chi connectivity index (χ1v) is 6.78. The number of hydrogen-bond donors (Lipinski definition) is 1. The van der Waals surface area contributed by atoms with Gasteiger partial charge in [-0.05, 0) is 40.5 Å². The molecule has 1 aromatic carbocycles. The van der Waals surface area contributed by atoms with Crippen LogP contribution in [0.5, 0.6) is 11.5 Å². The van der Waals surface area contributed by atoms with Crippen molar-refractivity contribution in [2.24, 2.45) is 0 Å². The Hall–Kier alpha value is -0.780. The van der Waals surface area contributed by atoms with E-state index in [1.165, 1.54) is 0 Å². The van der Waals surface area contributed by atoms with Crippen LogP contribution in [0.2, 0.25) is 0 Å². The zero-order valence-corrected chi connectivity index (χ0v) is 12.2. The lowest BCUT2D eigenvalue weighted by Gasteiger charge is -2.31. The van der Waals surface area contributed by atoms with Gasteiger partial charge >= 0.3 is 0 Å². The Morgan fingerprint density at radius 1 is 1.56 bits per heavy atom. The van der Waals surface area contributed by atoms with Crippen LogP contribution in [0, 0.1) is 0 Å². The van der Waals surface area contributed by atoms with Gasteiger partial charge in [-0.3, -0.25) is 4.90 Å². The fraction of sp³-hybridized carbons (Fsp3) is 0.538. The van der Waals surface area contributed by atoms with E-state index >= 15 is 0 Å². The minimum atomic E-state index is 0.150. The monoisotopic (exact) mass is 315 g/mol. The third-order valence-electron chi connectivity index (χ3n) is 3.04. The molecule has 0 spiro atoms. The van der Waals surface area contributed by atoms with Crippen LogP contribution < -0.4 is 4.74 Å². The van der Waals surface area contributed by atoms with E-state index in [9.17, 15) is 5.11 Å². The molecule has 100 valence electrons. The molecule has 1 heterocycles. The van der Waals surface area contributed by atoms with Crippen molar-refractivity contribution in [1.82, 2.24) is 4.90 Å². The van der Waals surface area contributed by atoms with Crippen LogP contribution in [0.4, 0.5) is 0 Å². The van der Waals surface area contributed by atoms with Gasteiger partial charge in [0.2, 0.25) is 0 Å². The summed E-state index contributed by atoms with van der Waals surface area (Å²) < 4.78 is 11.3. The van der Waals surface area contributed by atoms with Gasteiger partial charge in [0.15, 0.2) is 11.5 Å². The van der Waals surface area contributed by atoms with E-state index in [4.69, 9.17) is 9.47 Å². The van der Waals surface area contributed by atoms with Crippen LogP contribution in [0.1, 0.15) is 12.5 Å². The smallest absolute Gasteiger partial charge is 0.172 e. The van der Waals surface area contributed by atoms with E-state index in [1.807, 2.05) is 12.1 Å². The van der Waals surface area contributed by atoms with E-state index in [0.29, 0.717) is 10.2 Å². The molecule has 0 amide bonds. The average molecular weight is 316 g/mol. The number of benzene rings is 1. The molecule has 1 aliphatic heterocycles. The second-order valence-electron chi connectivity index (χ2n) is 4.55. The molecule has 18 heavy (non-hydrogen) atoms. The summed E-state index contributed by atoms with van der Waals surface area (Å²) in [4.78, 5) is 2.34. The standard InChI is InChI=1S/C13H18BrNO3/c1-9-7-15(3-4-18-9)8-10-5-11(14)13(16)12(6-10)17-2/h5-6,9,16H,3-4,7-8H2,1-2H3. The van der Waals surface area contributed by atoms with Crippen molar-refractivity contribution in [3.05, 3.63) is 22.2 Å². The second-order valence-corrected chi connectivity index (χ2v) is 5.40. The fourth-order valence-corrected chi connectivity index (χ4v) is 2.66. The summed E-state index contributed by atoms with van der Waals surface area (Å²) >= 11 is 3.34. The van der Waals surface area contributed by atoms with E-state index in [-0.39, 0.29) is 11.9 Å². The zero-order chi connectivity index (χ0) is 13.1. The molecule has 0 radical (unpaired) electrons. The fourth-order valence-electron chi connectivity index (χ4n) is 2.17. The van der Waals surface area contributed by atoms with Crippen molar-refractivity contribution in [3.8, 4) is 11.5 Å². The molecule has 1 atom stereocenters. The number of halogens is 1. The maximum atomic E-state index is 9.76. The Bertz CT molecular complexity index is 425. The highest BCUT2D eigenvalue weighted by Gasteiger charge is 2.18. The van der Waals surface area contributed by atoms with Crippen molar-refractivity contribution < 1.29 is 14.6 Å². The van der Waals surface area contributed by atoms with Gasteiger partial charge in [-0.15, -0.1) is 0 Å². The number of rotatable bonds is 3. The van der Waals surface area contributed by atoms with Crippen LogP contribution in [-0.4, -0.2) is 42.9 Å². The van der Waals surface area contributed by atoms with Crippen LogP contribution in [0.25, 0.3) is 0 Å². The summed E-state index contributed by atoms with van der Waals surface area (Å²) in [6.45, 7) is 5.56. The number of morpholine rings is 1. The molecular weight excluding hydrogens is 298 g/mol. The minimum absolute atomic E-state index is 0.150. The highest BCUT2D eigenvalue weighted by molar-refractivity contribution is 9.10. The van der Waals surface area contributed by atoms with Gasteiger partial charge in [-0.25, -0.2) is 0 Å². The SMILES string of the molecule is COc1cc(CN2CCOC(C)C2)cc(Br)c1O. The number of hydrogen-bond acceptors (Lipinski definition) is 4. The van der Waals surface area contributed by atoms with Crippen molar-refractivity contribution in [2.45, 2.75) is 19.6 Å². The Morgan fingerprint density at radius 2 is 2.33 bits per heavy atom. The number of nitrogens with zero attached hydrogens (tertiary/aromatic N) is 1. The molecule has 2 rings (SSSR count). The van der Waals surface area contributed by atoms with Gasteiger partial charge in [-0.2, -0.15) is 0 Å². The Kier molecular flexibility index (Phi) is 4.48. The van der Waals surface area contributed by atoms with E-state index in [2.05, 4.69) is 27.8 Å². The zero-order valence-electron chi connectivity index (χ0n) is 10.6. The average Bonchev–Trinajstić information content (AvgIpc) is 2.33. The number of ether oxygens (including phenoxy) is 2. The van der Waals surface area contributed by atoms with Crippen LogP contribution >= 0.6 is 15.9 Å². The molecule has 0 saturated carbocycles. The molecule has 5 heteroatoms. The lowest BCUT2D eigenvalue weighted by Crippen LogP contribution is -2.40. The van der Waals surface area contributed by atoms with Crippen molar-refractivity contribution in [2.75, 3.05) is 26.8 Å². The van der Waals surface area contributed by atoms with Crippen molar-refractivity contribution >= 4 is 15.9 Å². The summed E-state index contributed by atoms with van der Waals surface area (Å²) in [5, 5.41) is 9.76. The first-order valence-electron chi connectivity index (χ1n) is 5.99. The summed E-state index contributed by atoms with van der Waals surface area (Å²) in [5.74, 6) is 0.650. The van der Waals surface area contributed by atoms with E-state index < -0.39 is 0 Å². The van der Waals surface area contributed by atoms with Gasteiger partial charge in [-0.1, -0.05) is 0 Å². The second kappa shape index (κ2) is 5.91. The molecule has 1 saturated heterocycles. The first kappa shape index (κ1) is 13.6. The number of methoxy groups -OCH3 is 1. The minimum Gasteiger partial charge on any atom is -0.503 e. The predicted octanol–water partition coefficient (Wildman–Crippen LogP) is 2.38. The Balaban J connectivity index is 2.11. The maximum absolute atomic E-state index is 9.76. The topological polar surface area (TPSA) is 41.9 Å². The molecule has 1 aliphatic rings. The maximum Gasteiger partial charge on any atom is 0.172 e. The summed E-state index contributed by atoms with van der Waals surface area (Å²) in [5.41, 5.74) is 1.12. The summed E-state index contributed by atoms with van der Waals surface area (Å²) in [7, 11) is 1.56. The van der Waals surface area contributed by atoms with Gasteiger partial charge in [0.05, 0.1) is 24.3 Å². The molecule has 0 bridgehead atoms. The van der Waals surface area contributed by atoms with Crippen LogP contribution in [-0.2, 0) is 11.3 Å². The van der Waals surface area contributed by atoms with Crippen molar-refractivity contribution in [3.63, 3.8) is 0 Å². The van der Waals surface area contributed by atoms with Gasteiger partial charge < -0.3 is 14.6 Å². The van der Waals surface area contributed by atoms with E-state index in [0.717, 1.165) is 31.8 Å². The molecule has 1 N–H and O–H groups in total. The third kappa shape index (κ3) is 3.16. The molecule has 4 nitrogen and oxygen atoms in total. The van der Waals surface area contributed by atoms with Gasteiger partial charge in [0.25, 0.3) is 0 Å². The Labute approximate surface area is 116 Å². The quantitative estimate of drug-likeness (QED) is 0.930. The molecule has 0 aromatic heterocycles. The molecule has 0 aliphatic carbocycles. The first-order chi connectivity index (χ1) is 8.60. The van der Waals surface area contributed by atoms with Gasteiger partial charge in [0.1, 0.15) is 0 Å². The molecule has 1 aromatic rings. The predicted molar refractivity (Wildman–Crippen MR) is 73.0 cm³/mol. The van der Waals surface area contributed by atoms with Crippen LogP contribution in [0.3, 0.4) is 0 Å². The highest BCUT2D eigenvalue weighted by Crippen LogP contribution is 2.35. The Morgan fingerprint density at radius 3 is 3.00 bits per heavy atom. The van der Waals surface area contributed by atoms with E-state index in [1.54, 1.807) is 7.11 Å². The van der Waals surface area contributed by atoms with Gasteiger partial charge in [0, 0.05) is 19.6 Å². The highest BCUT2D eigenvalue weighted by atomic mass is 79.9. The number of phenols is 1. The number of phenolic OH excluding ortho intramolecular Hbond substituents is 1. The number of aromatic hydroxyl groups is 1. The molecule has 1 unspecified atom stereocenters. The summed E-state index contributed by atoms with van der Waals surface area (Å²) in [6.07, 6.45) is 0.279. The summed E-state index contributed by atoms with van der Waals surface area (Å²) in [6, 6.07) is 3.80. The van der Waals surface area contributed by atoms with Crippen molar-refractivity contribution in [1.29, 1.82) is 0 Å². The third-order valence-corrected chi connectivity index (χ3v) is 3.64. The largest absolute Gasteiger partial charge is 0.503 e. The lowest BCUT2D eigenvalue weighted by atomic mass is 10.1. The normalized spacial score (nSPS) is 20.9. The molecular formula is C13H18BrNO3. The molecule has 1 fully saturated rings. The van der Waals surface area contributed by atoms with Crippen LogP contribution in [0.15, 0.2) is 16.6 Å².